The highest BCUT2D eigenvalue weighted by molar-refractivity contribution is 6.06. The summed E-state index contributed by atoms with van der Waals surface area (Å²) in [7, 11) is 0. The molecule has 1 amide bonds. The molecule has 124 valence electrons. The van der Waals surface area contributed by atoms with Crippen LogP contribution < -0.4 is 0 Å². The number of carbonyl (C=O) groups excluding carboxylic acids is 1. The Morgan fingerprint density at radius 1 is 1.29 bits per heavy atom. The van der Waals surface area contributed by atoms with Crippen LogP contribution in [-0.4, -0.2) is 40.0 Å². The number of carboxylic acid groups (broad SMARTS) is 1. The van der Waals surface area contributed by atoms with Gasteiger partial charge in [0.1, 0.15) is 0 Å². The fraction of sp³-hybridized carbons (Fsp3) is 0.421. The number of hydrogen-bond acceptors (Lipinski definition) is 3. The number of carboxylic acids is 1. The summed E-state index contributed by atoms with van der Waals surface area (Å²) in [5, 5.41) is 10.2. The van der Waals surface area contributed by atoms with Crippen molar-refractivity contribution >= 4 is 22.8 Å². The number of amides is 1. The number of carbonyl (C=O) groups is 2. The summed E-state index contributed by atoms with van der Waals surface area (Å²) in [6.07, 6.45) is 2.74. The maximum absolute atomic E-state index is 13.1. The molecule has 5 nitrogen and oxygen atoms in total. The van der Waals surface area contributed by atoms with Crippen LogP contribution in [0.2, 0.25) is 0 Å². The largest absolute Gasteiger partial charge is 0.481 e. The van der Waals surface area contributed by atoms with Gasteiger partial charge in [-0.1, -0.05) is 18.2 Å². The van der Waals surface area contributed by atoms with Crippen LogP contribution in [0.1, 0.15) is 48.2 Å². The van der Waals surface area contributed by atoms with Gasteiger partial charge in [-0.25, -0.2) is 0 Å². The van der Waals surface area contributed by atoms with Crippen LogP contribution in [0.5, 0.6) is 0 Å². The van der Waals surface area contributed by atoms with Crippen LogP contribution in [0.15, 0.2) is 30.3 Å². The van der Waals surface area contributed by atoms with Gasteiger partial charge in [-0.3, -0.25) is 14.6 Å². The van der Waals surface area contributed by atoms with E-state index in [1.165, 1.54) is 0 Å². The minimum Gasteiger partial charge on any atom is -0.481 e. The van der Waals surface area contributed by atoms with Gasteiger partial charge in [-0.15, -0.1) is 0 Å². The van der Waals surface area contributed by atoms with Gasteiger partial charge in [0.15, 0.2) is 0 Å². The number of fused-ring (bicyclic) bond motifs is 1. The predicted molar refractivity (Wildman–Crippen MR) is 90.0 cm³/mol. The topological polar surface area (TPSA) is 70.5 Å². The number of benzene rings is 1. The molecule has 1 saturated heterocycles. The number of pyridine rings is 1. The molecular formula is C19H20N2O3. The summed E-state index contributed by atoms with van der Waals surface area (Å²) in [6, 6.07) is 9.60. The zero-order valence-electron chi connectivity index (χ0n) is 13.7. The highest BCUT2D eigenvalue weighted by atomic mass is 16.4. The van der Waals surface area contributed by atoms with E-state index in [0.29, 0.717) is 24.4 Å². The molecule has 1 saturated carbocycles. The maximum Gasteiger partial charge on any atom is 0.311 e. The quantitative estimate of drug-likeness (QED) is 0.942. The molecule has 1 unspecified atom stereocenters. The van der Waals surface area contributed by atoms with E-state index in [-0.39, 0.29) is 12.5 Å². The standard InChI is InChI=1S/C19H20N2O3/c1-19(18(23)24)8-9-21(11-19)17(22)14-10-16(12-6-7-12)20-15-5-3-2-4-13(14)15/h2-5,10,12H,6-9,11H2,1H3,(H,23,24). The average molecular weight is 324 g/mol. The third kappa shape index (κ3) is 2.44. The van der Waals surface area contributed by atoms with Crippen molar-refractivity contribution in [2.75, 3.05) is 13.1 Å². The van der Waals surface area contributed by atoms with E-state index in [2.05, 4.69) is 0 Å². The van der Waals surface area contributed by atoms with Crippen LogP contribution in [0.4, 0.5) is 0 Å². The lowest BCUT2D eigenvalue weighted by molar-refractivity contribution is -0.147. The fourth-order valence-electron chi connectivity index (χ4n) is 3.44. The smallest absolute Gasteiger partial charge is 0.311 e. The van der Waals surface area contributed by atoms with Crippen molar-refractivity contribution in [3.05, 3.63) is 41.6 Å². The Morgan fingerprint density at radius 2 is 2.04 bits per heavy atom. The lowest BCUT2D eigenvalue weighted by atomic mass is 9.90. The van der Waals surface area contributed by atoms with Gasteiger partial charge in [0.2, 0.25) is 0 Å². The molecule has 1 aliphatic heterocycles. The predicted octanol–water partition coefficient (Wildman–Crippen LogP) is 3.05. The molecule has 2 fully saturated rings. The van der Waals surface area contributed by atoms with Crippen molar-refractivity contribution in [1.29, 1.82) is 0 Å². The molecule has 1 N–H and O–H groups in total. The number of aliphatic carboxylic acids is 1. The van der Waals surface area contributed by atoms with Crippen LogP contribution in [0, 0.1) is 5.41 Å². The molecule has 24 heavy (non-hydrogen) atoms. The van der Waals surface area contributed by atoms with E-state index >= 15 is 0 Å². The van der Waals surface area contributed by atoms with Crippen molar-refractivity contribution in [2.24, 2.45) is 5.41 Å². The molecule has 1 aliphatic carbocycles. The molecule has 1 aromatic carbocycles. The Labute approximate surface area is 140 Å². The van der Waals surface area contributed by atoms with E-state index in [4.69, 9.17) is 4.98 Å². The van der Waals surface area contributed by atoms with Crippen LogP contribution in [0.3, 0.4) is 0 Å². The SMILES string of the molecule is CC1(C(=O)O)CCN(C(=O)c2cc(C3CC3)nc3ccccc23)C1. The van der Waals surface area contributed by atoms with Gasteiger partial charge < -0.3 is 10.0 Å². The first-order valence-electron chi connectivity index (χ1n) is 8.40. The minimum absolute atomic E-state index is 0.0829. The minimum atomic E-state index is -0.849. The van der Waals surface area contributed by atoms with E-state index in [9.17, 15) is 14.7 Å². The number of nitrogens with zero attached hydrogens (tertiary/aromatic N) is 2. The zero-order valence-corrected chi connectivity index (χ0v) is 13.7. The highest BCUT2D eigenvalue weighted by Gasteiger charge is 2.42. The zero-order chi connectivity index (χ0) is 16.9. The maximum atomic E-state index is 13.1. The normalized spacial score (nSPS) is 23.6. The van der Waals surface area contributed by atoms with Crippen LogP contribution in [-0.2, 0) is 4.79 Å². The second-order valence-electron chi connectivity index (χ2n) is 7.23. The van der Waals surface area contributed by atoms with Gasteiger partial charge in [0.25, 0.3) is 5.91 Å². The summed E-state index contributed by atoms with van der Waals surface area (Å²) in [5.74, 6) is -0.458. The Morgan fingerprint density at radius 3 is 2.71 bits per heavy atom. The Balaban J connectivity index is 1.73. The molecule has 2 aromatic rings. The van der Waals surface area contributed by atoms with Crippen molar-refractivity contribution < 1.29 is 14.7 Å². The highest BCUT2D eigenvalue weighted by Crippen LogP contribution is 2.40. The number of likely N-dealkylation sites (tertiary alicyclic amines) is 1. The molecule has 5 heteroatoms. The Kier molecular flexibility index (Phi) is 3.34. The molecular weight excluding hydrogens is 304 g/mol. The first-order valence-corrected chi connectivity index (χ1v) is 8.40. The lowest BCUT2D eigenvalue weighted by Crippen LogP contribution is -2.35. The van der Waals surface area contributed by atoms with Crippen LogP contribution >= 0.6 is 0 Å². The van der Waals surface area contributed by atoms with Gasteiger partial charge in [-0.2, -0.15) is 0 Å². The summed E-state index contributed by atoms with van der Waals surface area (Å²) in [4.78, 5) is 30.9. The first kappa shape index (κ1) is 15.1. The van der Waals surface area contributed by atoms with E-state index < -0.39 is 11.4 Å². The van der Waals surface area contributed by atoms with Gasteiger partial charge >= 0.3 is 5.97 Å². The second-order valence-corrected chi connectivity index (χ2v) is 7.23. The van der Waals surface area contributed by atoms with E-state index in [1.54, 1.807) is 11.8 Å². The lowest BCUT2D eigenvalue weighted by Gasteiger charge is -2.21. The molecule has 1 atom stereocenters. The van der Waals surface area contributed by atoms with E-state index in [1.807, 2.05) is 30.3 Å². The van der Waals surface area contributed by atoms with Crippen molar-refractivity contribution in [2.45, 2.75) is 32.1 Å². The fourth-order valence-corrected chi connectivity index (χ4v) is 3.44. The van der Waals surface area contributed by atoms with Crippen molar-refractivity contribution in [3.8, 4) is 0 Å². The Bertz CT molecular complexity index is 844. The summed E-state index contributed by atoms with van der Waals surface area (Å²) >= 11 is 0. The summed E-state index contributed by atoms with van der Waals surface area (Å²) < 4.78 is 0. The molecule has 0 radical (unpaired) electrons. The summed E-state index contributed by atoms with van der Waals surface area (Å²) in [6.45, 7) is 2.45. The molecule has 2 aliphatic rings. The molecule has 0 spiro atoms. The average Bonchev–Trinajstić information content (AvgIpc) is 3.35. The van der Waals surface area contributed by atoms with Gasteiger partial charge in [0.05, 0.1) is 16.5 Å². The number of aromatic nitrogens is 1. The number of rotatable bonds is 3. The molecule has 1 aromatic heterocycles. The first-order chi connectivity index (χ1) is 11.5. The second kappa shape index (κ2) is 5.30. The van der Waals surface area contributed by atoms with Gasteiger partial charge in [-0.05, 0) is 38.3 Å². The molecule has 4 rings (SSSR count). The summed E-state index contributed by atoms with van der Waals surface area (Å²) in [5.41, 5.74) is 1.62. The third-order valence-corrected chi connectivity index (χ3v) is 5.24. The number of hydrogen-bond donors (Lipinski definition) is 1. The van der Waals surface area contributed by atoms with E-state index in [0.717, 1.165) is 29.4 Å². The Hall–Kier alpha value is -2.43. The third-order valence-electron chi connectivity index (χ3n) is 5.24. The van der Waals surface area contributed by atoms with Crippen molar-refractivity contribution in [3.63, 3.8) is 0 Å². The van der Waals surface area contributed by atoms with Crippen LogP contribution in [0.25, 0.3) is 10.9 Å². The van der Waals surface area contributed by atoms with Gasteiger partial charge in [0, 0.05) is 30.1 Å². The molecule has 0 bridgehead atoms. The van der Waals surface area contributed by atoms with Crippen molar-refractivity contribution in [1.82, 2.24) is 9.88 Å². The molecule has 2 heterocycles. The number of para-hydroxylation sites is 1. The monoisotopic (exact) mass is 324 g/mol.